The van der Waals surface area contributed by atoms with Crippen molar-refractivity contribution >= 4 is 11.9 Å². The second-order valence-corrected chi connectivity index (χ2v) is 2.70. The zero-order valence-electron chi connectivity index (χ0n) is 7.62. The smallest absolute Gasteiger partial charge is 0.323 e. The first-order valence-electron chi connectivity index (χ1n) is 4.20. The Bertz CT molecular complexity index is 181. The molecule has 0 fully saturated rings. The summed E-state index contributed by atoms with van der Waals surface area (Å²) in [5.41, 5.74) is 5.21. The molecule has 0 saturated heterocycles. The number of carboxylic acids is 1. The van der Waals surface area contributed by atoms with Crippen LogP contribution in [0.5, 0.6) is 0 Å². The van der Waals surface area contributed by atoms with Crippen LogP contribution in [0.25, 0.3) is 0 Å². The summed E-state index contributed by atoms with van der Waals surface area (Å²) >= 11 is 0. The lowest BCUT2D eigenvalue weighted by atomic mass is 10.2. The van der Waals surface area contributed by atoms with Gasteiger partial charge in [0.1, 0.15) is 6.04 Å². The van der Waals surface area contributed by atoms with E-state index in [1.54, 1.807) is 0 Å². The molecule has 0 aromatic heterocycles. The molecule has 0 aromatic carbocycles. The maximum Gasteiger partial charge on any atom is 0.323 e. The molecule has 5 nitrogen and oxygen atoms in total. The Morgan fingerprint density at radius 3 is 2.62 bits per heavy atom. The molecular formula is C8H14NO4-. The Labute approximate surface area is 76.9 Å². The SMILES string of the molecule is CCCCOC(=O)[C@@H](N)CC(=O)[O-]. The average Bonchev–Trinajstić information content (AvgIpc) is 2.03. The number of aliphatic carboxylic acids is 1. The largest absolute Gasteiger partial charge is 0.550 e. The number of hydrogen-bond acceptors (Lipinski definition) is 5. The van der Waals surface area contributed by atoms with Crippen LogP contribution in [0, 0.1) is 0 Å². The molecule has 5 heteroatoms. The topological polar surface area (TPSA) is 92.5 Å². The fourth-order valence-electron chi connectivity index (χ4n) is 0.687. The molecule has 13 heavy (non-hydrogen) atoms. The van der Waals surface area contributed by atoms with E-state index < -0.39 is 24.4 Å². The number of ether oxygens (including phenoxy) is 1. The van der Waals surface area contributed by atoms with Crippen molar-refractivity contribution in [3.63, 3.8) is 0 Å². The van der Waals surface area contributed by atoms with Crippen LogP contribution in [0.2, 0.25) is 0 Å². The molecule has 0 radical (unpaired) electrons. The van der Waals surface area contributed by atoms with Gasteiger partial charge in [-0.15, -0.1) is 0 Å². The summed E-state index contributed by atoms with van der Waals surface area (Å²) in [6.07, 6.45) is 1.16. The number of unbranched alkanes of at least 4 members (excludes halogenated alkanes) is 1. The van der Waals surface area contributed by atoms with Gasteiger partial charge in [0.05, 0.1) is 6.61 Å². The lowest BCUT2D eigenvalue weighted by Gasteiger charge is -2.11. The monoisotopic (exact) mass is 188 g/mol. The van der Waals surface area contributed by atoms with Crippen LogP contribution in [-0.2, 0) is 14.3 Å². The highest BCUT2D eigenvalue weighted by molar-refractivity contribution is 5.80. The highest BCUT2D eigenvalue weighted by atomic mass is 16.5. The second kappa shape index (κ2) is 6.42. The van der Waals surface area contributed by atoms with Crippen LogP contribution in [0.15, 0.2) is 0 Å². The molecule has 0 saturated carbocycles. The van der Waals surface area contributed by atoms with Crippen LogP contribution in [-0.4, -0.2) is 24.6 Å². The number of rotatable bonds is 6. The quantitative estimate of drug-likeness (QED) is 0.417. The standard InChI is InChI=1S/C8H15NO4/c1-2-3-4-13-8(12)6(9)5-7(10)11/h6H,2-5,9H2,1H3,(H,10,11)/p-1/t6-/m0/s1. The lowest BCUT2D eigenvalue weighted by Crippen LogP contribution is -2.38. The Morgan fingerprint density at radius 1 is 1.54 bits per heavy atom. The molecule has 0 bridgehead atoms. The first kappa shape index (κ1) is 11.9. The predicted octanol–water partition coefficient (Wildman–Crippen LogP) is -1.20. The van der Waals surface area contributed by atoms with Gasteiger partial charge in [-0.05, 0) is 6.42 Å². The van der Waals surface area contributed by atoms with Crippen molar-refractivity contribution in [2.45, 2.75) is 32.2 Å². The van der Waals surface area contributed by atoms with Crippen LogP contribution in [0.3, 0.4) is 0 Å². The molecule has 2 N–H and O–H groups in total. The summed E-state index contributed by atoms with van der Waals surface area (Å²) in [5, 5.41) is 10.0. The van der Waals surface area contributed by atoms with E-state index in [-0.39, 0.29) is 6.61 Å². The van der Waals surface area contributed by atoms with Crippen molar-refractivity contribution in [3.8, 4) is 0 Å². The third kappa shape index (κ3) is 6.10. The van der Waals surface area contributed by atoms with Crippen LogP contribution >= 0.6 is 0 Å². The molecule has 0 aliphatic rings. The molecule has 0 heterocycles. The number of nitrogens with two attached hydrogens (primary N) is 1. The molecule has 0 amide bonds. The Kier molecular flexibility index (Phi) is 5.88. The molecule has 0 aliphatic carbocycles. The fraction of sp³-hybridized carbons (Fsp3) is 0.750. The van der Waals surface area contributed by atoms with Gasteiger partial charge in [-0.3, -0.25) is 4.79 Å². The number of esters is 1. The van der Waals surface area contributed by atoms with E-state index in [0.717, 1.165) is 12.8 Å². The summed E-state index contributed by atoms with van der Waals surface area (Å²) in [6.45, 7) is 2.24. The molecule has 0 aromatic rings. The summed E-state index contributed by atoms with van der Waals surface area (Å²) in [4.78, 5) is 21.0. The van der Waals surface area contributed by atoms with Crippen LogP contribution < -0.4 is 10.8 Å². The normalized spacial score (nSPS) is 12.2. The third-order valence-corrected chi connectivity index (χ3v) is 1.43. The molecule has 0 aliphatic heterocycles. The molecule has 0 unspecified atom stereocenters. The van der Waals surface area contributed by atoms with E-state index in [1.807, 2.05) is 6.92 Å². The van der Waals surface area contributed by atoms with E-state index in [9.17, 15) is 14.7 Å². The minimum atomic E-state index is -1.35. The third-order valence-electron chi connectivity index (χ3n) is 1.43. The van der Waals surface area contributed by atoms with Crippen molar-refractivity contribution in [3.05, 3.63) is 0 Å². The molecule has 0 spiro atoms. The van der Waals surface area contributed by atoms with Gasteiger partial charge in [0.2, 0.25) is 0 Å². The van der Waals surface area contributed by atoms with E-state index in [1.165, 1.54) is 0 Å². The average molecular weight is 188 g/mol. The van der Waals surface area contributed by atoms with Crippen LogP contribution in [0.4, 0.5) is 0 Å². The Hall–Kier alpha value is -1.10. The Balaban J connectivity index is 3.63. The number of carbonyl (C=O) groups excluding carboxylic acids is 2. The van der Waals surface area contributed by atoms with Gasteiger partial charge in [0, 0.05) is 12.4 Å². The van der Waals surface area contributed by atoms with Gasteiger partial charge in [-0.2, -0.15) is 0 Å². The summed E-state index contributed by atoms with van der Waals surface area (Å²) in [6, 6.07) is -1.11. The highest BCUT2D eigenvalue weighted by Crippen LogP contribution is 1.94. The Morgan fingerprint density at radius 2 is 2.15 bits per heavy atom. The highest BCUT2D eigenvalue weighted by Gasteiger charge is 2.14. The van der Waals surface area contributed by atoms with Gasteiger partial charge in [0.15, 0.2) is 0 Å². The zero-order valence-corrected chi connectivity index (χ0v) is 7.62. The summed E-state index contributed by atoms with van der Waals surface area (Å²) < 4.78 is 4.69. The summed E-state index contributed by atoms with van der Waals surface area (Å²) in [5.74, 6) is -2.03. The van der Waals surface area contributed by atoms with Crippen molar-refractivity contribution in [2.24, 2.45) is 5.73 Å². The van der Waals surface area contributed by atoms with Gasteiger partial charge < -0.3 is 20.4 Å². The first-order valence-corrected chi connectivity index (χ1v) is 4.20. The van der Waals surface area contributed by atoms with Gasteiger partial charge in [-0.25, -0.2) is 0 Å². The fourth-order valence-corrected chi connectivity index (χ4v) is 0.687. The van der Waals surface area contributed by atoms with Crippen molar-refractivity contribution < 1.29 is 19.4 Å². The number of carbonyl (C=O) groups is 2. The molecule has 1 atom stereocenters. The number of hydrogen-bond donors (Lipinski definition) is 1. The predicted molar refractivity (Wildman–Crippen MR) is 43.5 cm³/mol. The van der Waals surface area contributed by atoms with Crippen molar-refractivity contribution in [1.82, 2.24) is 0 Å². The maximum atomic E-state index is 10.9. The van der Waals surface area contributed by atoms with Crippen LogP contribution in [0.1, 0.15) is 26.2 Å². The number of carboxylic acid groups (broad SMARTS) is 1. The van der Waals surface area contributed by atoms with E-state index in [4.69, 9.17) is 10.5 Å². The first-order chi connectivity index (χ1) is 6.07. The summed E-state index contributed by atoms with van der Waals surface area (Å²) in [7, 11) is 0. The van der Waals surface area contributed by atoms with Gasteiger partial charge in [-0.1, -0.05) is 13.3 Å². The minimum absolute atomic E-state index is 0.288. The second-order valence-electron chi connectivity index (χ2n) is 2.70. The maximum absolute atomic E-state index is 10.9. The van der Waals surface area contributed by atoms with Gasteiger partial charge in [0.25, 0.3) is 0 Å². The van der Waals surface area contributed by atoms with E-state index in [2.05, 4.69) is 0 Å². The minimum Gasteiger partial charge on any atom is -0.550 e. The molecule has 76 valence electrons. The zero-order chi connectivity index (χ0) is 10.3. The molecule has 0 rings (SSSR count). The van der Waals surface area contributed by atoms with Crippen molar-refractivity contribution in [2.75, 3.05) is 6.61 Å². The van der Waals surface area contributed by atoms with E-state index >= 15 is 0 Å². The molecular weight excluding hydrogens is 174 g/mol. The van der Waals surface area contributed by atoms with E-state index in [0.29, 0.717) is 0 Å². The van der Waals surface area contributed by atoms with Crippen molar-refractivity contribution in [1.29, 1.82) is 0 Å². The lowest BCUT2D eigenvalue weighted by molar-refractivity contribution is -0.306. The van der Waals surface area contributed by atoms with Gasteiger partial charge >= 0.3 is 5.97 Å².